The second-order valence-corrected chi connectivity index (χ2v) is 9.80. The van der Waals surface area contributed by atoms with E-state index in [-0.39, 0.29) is 23.7 Å². The quantitative estimate of drug-likeness (QED) is 0.308. The van der Waals surface area contributed by atoms with E-state index in [0.29, 0.717) is 35.1 Å². The summed E-state index contributed by atoms with van der Waals surface area (Å²) in [7, 11) is 3.16. The van der Waals surface area contributed by atoms with Gasteiger partial charge in [-0.2, -0.15) is 0 Å². The number of rotatable bonds is 10. The minimum Gasteiger partial charge on any atom is -0.496 e. The van der Waals surface area contributed by atoms with Gasteiger partial charge in [0.25, 0.3) is 5.91 Å². The maximum atomic E-state index is 13.0. The normalized spacial score (nSPS) is 18.3. The molecule has 2 heterocycles. The van der Waals surface area contributed by atoms with E-state index >= 15 is 0 Å². The molecule has 0 spiro atoms. The predicted molar refractivity (Wildman–Crippen MR) is 147 cm³/mol. The highest BCUT2D eigenvalue weighted by atomic mass is 35.5. The molecule has 1 amide bonds. The van der Waals surface area contributed by atoms with Crippen molar-refractivity contribution in [1.82, 2.24) is 19.4 Å². The van der Waals surface area contributed by atoms with Crippen molar-refractivity contribution in [3.05, 3.63) is 57.5 Å². The van der Waals surface area contributed by atoms with Gasteiger partial charge in [0.05, 0.1) is 46.6 Å². The molecule has 200 valence electrons. The number of imidazole rings is 1. The van der Waals surface area contributed by atoms with E-state index in [1.165, 1.54) is 13.2 Å². The summed E-state index contributed by atoms with van der Waals surface area (Å²) in [5.74, 6) is 0.114. The van der Waals surface area contributed by atoms with Crippen molar-refractivity contribution in [3.8, 4) is 5.75 Å². The first-order chi connectivity index (χ1) is 17.9. The van der Waals surface area contributed by atoms with Gasteiger partial charge in [-0.1, -0.05) is 23.7 Å². The highest BCUT2D eigenvalue weighted by molar-refractivity contribution is 6.33. The molecular weight excluding hydrogens is 494 g/mol. The monoisotopic (exact) mass is 529 g/mol. The van der Waals surface area contributed by atoms with Gasteiger partial charge in [0, 0.05) is 39.4 Å². The van der Waals surface area contributed by atoms with Gasteiger partial charge in [0.1, 0.15) is 5.75 Å². The number of amides is 1. The van der Waals surface area contributed by atoms with Crippen LogP contribution in [0.5, 0.6) is 5.75 Å². The van der Waals surface area contributed by atoms with Crippen LogP contribution in [-0.2, 0) is 17.8 Å². The van der Waals surface area contributed by atoms with Crippen molar-refractivity contribution in [2.75, 3.05) is 39.6 Å². The van der Waals surface area contributed by atoms with Gasteiger partial charge in [-0.3, -0.25) is 13.9 Å². The van der Waals surface area contributed by atoms with Crippen LogP contribution in [0.4, 0.5) is 5.69 Å². The Hall–Kier alpha value is -3.01. The number of nitrogens with zero attached hydrogens (tertiary/aromatic N) is 3. The Morgan fingerprint density at radius 2 is 1.84 bits per heavy atom. The van der Waals surface area contributed by atoms with Gasteiger partial charge < -0.3 is 25.4 Å². The Labute approximate surface area is 222 Å². The third-order valence-corrected chi connectivity index (χ3v) is 7.50. The topological polar surface area (TPSA) is 104 Å². The summed E-state index contributed by atoms with van der Waals surface area (Å²) in [5.41, 5.74) is 8.58. The molecule has 10 heteroatoms. The van der Waals surface area contributed by atoms with Gasteiger partial charge in [-0.15, -0.1) is 0 Å². The number of carbonyl (C=O) groups excluding carboxylic acids is 1. The number of methoxy groups -OCH3 is 2. The maximum absolute atomic E-state index is 13.0. The molecule has 0 radical (unpaired) electrons. The number of carbonyl (C=O) groups is 1. The molecule has 1 aliphatic heterocycles. The number of ether oxygens (including phenoxy) is 2. The zero-order valence-corrected chi connectivity index (χ0v) is 22.5. The van der Waals surface area contributed by atoms with Crippen molar-refractivity contribution in [1.29, 1.82) is 0 Å². The summed E-state index contributed by atoms with van der Waals surface area (Å²) in [6.45, 7) is 5.82. The van der Waals surface area contributed by atoms with Crippen molar-refractivity contribution < 1.29 is 14.3 Å². The molecule has 9 nitrogen and oxygen atoms in total. The average molecular weight is 530 g/mol. The Morgan fingerprint density at radius 1 is 1.14 bits per heavy atom. The molecule has 0 bridgehead atoms. The number of benzene rings is 2. The Bertz CT molecular complexity index is 1300. The van der Waals surface area contributed by atoms with E-state index in [4.69, 9.17) is 26.8 Å². The molecule has 1 saturated heterocycles. The number of aryl methyl sites for hydroxylation is 2. The van der Waals surface area contributed by atoms with E-state index in [1.54, 1.807) is 13.2 Å². The molecule has 4 rings (SSSR count). The minimum atomic E-state index is -0.268. The summed E-state index contributed by atoms with van der Waals surface area (Å²) < 4.78 is 14.8. The predicted octanol–water partition coefficient (Wildman–Crippen LogP) is 3.37. The molecule has 0 aliphatic carbocycles. The molecule has 0 unspecified atom stereocenters. The summed E-state index contributed by atoms with van der Waals surface area (Å²) in [6, 6.07) is 10.9. The van der Waals surface area contributed by atoms with E-state index in [2.05, 4.69) is 10.2 Å². The van der Waals surface area contributed by atoms with Gasteiger partial charge in [-0.05, 0) is 50.9 Å². The van der Waals surface area contributed by atoms with Crippen molar-refractivity contribution in [3.63, 3.8) is 0 Å². The number of para-hydroxylation sites is 2. The fourth-order valence-electron chi connectivity index (χ4n) is 5.15. The Morgan fingerprint density at radius 3 is 2.51 bits per heavy atom. The van der Waals surface area contributed by atoms with Crippen LogP contribution in [0.1, 0.15) is 36.5 Å². The van der Waals surface area contributed by atoms with E-state index in [0.717, 1.165) is 49.9 Å². The van der Waals surface area contributed by atoms with Crippen LogP contribution in [-0.4, -0.2) is 65.9 Å². The zero-order valence-electron chi connectivity index (χ0n) is 21.7. The lowest BCUT2D eigenvalue weighted by atomic mass is 10.0. The fourth-order valence-corrected chi connectivity index (χ4v) is 5.31. The summed E-state index contributed by atoms with van der Waals surface area (Å²) >= 11 is 6.14. The van der Waals surface area contributed by atoms with Crippen LogP contribution in [0.15, 0.2) is 41.2 Å². The summed E-state index contributed by atoms with van der Waals surface area (Å²) in [6.07, 6.45) is 2.49. The van der Waals surface area contributed by atoms with Crippen molar-refractivity contribution in [2.45, 2.75) is 51.4 Å². The molecule has 1 fully saturated rings. The molecular formula is C27H36ClN5O4. The van der Waals surface area contributed by atoms with Gasteiger partial charge in [0.15, 0.2) is 0 Å². The van der Waals surface area contributed by atoms with E-state index in [9.17, 15) is 9.59 Å². The second-order valence-electron chi connectivity index (χ2n) is 9.39. The van der Waals surface area contributed by atoms with E-state index in [1.807, 2.05) is 40.3 Å². The number of nitrogens with one attached hydrogen (secondary N) is 1. The molecule has 1 aromatic heterocycles. The number of hydrogen-bond donors (Lipinski definition) is 2. The lowest BCUT2D eigenvalue weighted by molar-refractivity contribution is 0.00593. The number of hydrogen-bond acceptors (Lipinski definition) is 6. The van der Waals surface area contributed by atoms with Gasteiger partial charge >= 0.3 is 5.69 Å². The van der Waals surface area contributed by atoms with Crippen molar-refractivity contribution >= 4 is 34.2 Å². The molecule has 37 heavy (non-hydrogen) atoms. The molecule has 1 aliphatic rings. The third kappa shape index (κ3) is 5.79. The van der Waals surface area contributed by atoms with E-state index < -0.39 is 0 Å². The fraction of sp³-hybridized carbons (Fsp3) is 0.481. The number of unbranched alkanes of at least 4 members (excludes halogenated alkanes) is 1. The average Bonchev–Trinajstić information content (AvgIpc) is 3.18. The van der Waals surface area contributed by atoms with Crippen LogP contribution in [0.25, 0.3) is 11.0 Å². The smallest absolute Gasteiger partial charge is 0.329 e. The van der Waals surface area contributed by atoms with Crippen LogP contribution < -0.4 is 21.5 Å². The first-order valence-electron chi connectivity index (χ1n) is 12.7. The maximum Gasteiger partial charge on any atom is 0.329 e. The Kier molecular flexibility index (Phi) is 8.79. The van der Waals surface area contributed by atoms with Crippen LogP contribution >= 0.6 is 11.6 Å². The summed E-state index contributed by atoms with van der Waals surface area (Å²) in [5, 5.41) is 3.40. The number of nitrogen functional groups attached to an aromatic ring is 1. The lowest BCUT2D eigenvalue weighted by Gasteiger charge is -2.38. The van der Waals surface area contributed by atoms with Crippen molar-refractivity contribution in [2.24, 2.45) is 0 Å². The number of nitrogens with two attached hydrogens (primary N) is 1. The summed E-state index contributed by atoms with van der Waals surface area (Å²) in [4.78, 5) is 28.2. The zero-order chi connectivity index (χ0) is 26.5. The van der Waals surface area contributed by atoms with Gasteiger partial charge in [0.2, 0.25) is 0 Å². The lowest BCUT2D eigenvalue weighted by Crippen LogP contribution is -2.54. The SMILES string of the molecule is CCn1c(=O)n(CCCCN2CC[C@@H](NC(=O)c3cc(Cl)c(N)cc3OC)[C@@H](OC)C2)c2ccccc21. The number of aromatic nitrogens is 2. The standard InChI is InChI=1S/C27H36ClN5O4/c1-4-32-22-9-5-6-10-23(22)33(27(32)35)13-8-7-12-31-14-11-21(25(17-31)37-3)30-26(34)18-15-19(28)20(29)16-24(18)36-2/h5-6,9-10,15-16,21,25H,4,7-8,11-14,17,29H2,1-3H3,(H,30,34)/t21-,25+/m1/s1. The largest absolute Gasteiger partial charge is 0.496 e. The Balaban J connectivity index is 1.31. The molecule has 3 N–H and O–H groups in total. The number of anilines is 1. The van der Waals surface area contributed by atoms with Crippen LogP contribution in [0.2, 0.25) is 5.02 Å². The first-order valence-corrected chi connectivity index (χ1v) is 13.1. The second kappa shape index (κ2) is 12.0. The number of fused-ring (bicyclic) bond motifs is 1. The van der Waals surface area contributed by atoms with Crippen LogP contribution in [0, 0.1) is 0 Å². The van der Waals surface area contributed by atoms with Gasteiger partial charge in [-0.25, -0.2) is 4.79 Å². The molecule has 3 aromatic rings. The minimum absolute atomic E-state index is 0.0544. The first kappa shape index (κ1) is 27.0. The highest BCUT2D eigenvalue weighted by Crippen LogP contribution is 2.29. The highest BCUT2D eigenvalue weighted by Gasteiger charge is 2.31. The molecule has 0 saturated carbocycles. The molecule has 2 aromatic carbocycles. The number of likely N-dealkylation sites (tertiary alicyclic amines) is 1. The third-order valence-electron chi connectivity index (χ3n) is 7.17. The molecule has 2 atom stereocenters. The van der Waals surface area contributed by atoms with Crippen LogP contribution in [0.3, 0.4) is 0 Å². The number of halogens is 1. The number of piperidine rings is 1.